The van der Waals surface area contributed by atoms with Gasteiger partial charge in [-0.25, -0.2) is 14.4 Å². The van der Waals surface area contributed by atoms with Crippen LogP contribution in [0.15, 0.2) is 47.4 Å². The van der Waals surface area contributed by atoms with Crippen molar-refractivity contribution in [2.24, 2.45) is 0 Å². The zero-order chi connectivity index (χ0) is 13.2. The van der Waals surface area contributed by atoms with Gasteiger partial charge in [0.1, 0.15) is 17.8 Å². The van der Waals surface area contributed by atoms with Crippen LogP contribution in [0.5, 0.6) is 0 Å². The first-order valence-corrected chi connectivity index (χ1v) is 5.53. The average molecular weight is 256 g/mol. The fourth-order valence-corrected chi connectivity index (χ4v) is 1.82. The van der Waals surface area contributed by atoms with Crippen molar-refractivity contribution in [1.29, 1.82) is 0 Å². The van der Waals surface area contributed by atoms with Crippen LogP contribution >= 0.6 is 0 Å². The third kappa shape index (κ3) is 2.03. The summed E-state index contributed by atoms with van der Waals surface area (Å²) in [5.74, 6) is -0.217. The minimum Gasteiger partial charge on any atom is -0.367 e. The molecule has 0 saturated carbocycles. The van der Waals surface area contributed by atoms with Gasteiger partial charge in [-0.05, 0) is 18.2 Å². The lowest BCUT2D eigenvalue weighted by Crippen LogP contribution is -1.91. The Morgan fingerprint density at radius 3 is 2.84 bits per heavy atom. The highest BCUT2D eigenvalue weighted by atomic mass is 19.1. The van der Waals surface area contributed by atoms with Crippen molar-refractivity contribution in [1.82, 2.24) is 15.1 Å². The lowest BCUT2D eigenvalue weighted by molar-refractivity contribution is 0.439. The molecule has 0 fully saturated rings. The van der Waals surface area contributed by atoms with E-state index in [2.05, 4.69) is 15.1 Å². The summed E-state index contributed by atoms with van der Waals surface area (Å²) in [6, 6.07) is 7.73. The second-order valence-corrected chi connectivity index (χ2v) is 3.88. The molecule has 2 heterocycles. The minimum atomic E-state index is -0.354. The van der Waals surface area contributed by atoms with Crippen LogP contribution in [-0.4, -0.2) is 15.1 Å². The van der Waals surface area contributed by atoms with Gasteiger partial charge in [-0.2, -0.15) is 0 Å². The van der Waals surface area contributed by atoms with E-state index in [-0.39, 0.29) is 11.7 Å². The number of nitrogen functional groups attached to an aromatic ring is 1. The molecule has 6 heteroatoms. The third-order valence-electron chi connectivity index (χ3n) is 2.65. The number of benzene rings is 1. The second-order valence-electron chi connectivity index (χ2n) is 3.88. The number of aromatic nitrogens is 3. The fraction of sp³-hybridized carbons (Fsp3) is 0. The molecule has 3 rings (SSSR count). The molecule has 3 aromatic rings. The van der Waals surface area contributed by atoms with Crippen LogP contribution in [0.4, 0.5) is 10.3 Å². The summed E-state index contributed by atoms with van der Waals surface area (Å²) in [4.78, 5) is 7.94. The highest BCUT2D eigenvalue weighted by Crippen LogP contribution is 2.34. The average Bonchev–Trinajstić information content (AvgIpc) is 2.82. The van der Waals surface area contributed by atoms with Gasteiger partial charge in [0.2, 0.25) is 5.88 Å². The molecular formula is C13H9FN4O. The van der Waals surface area contributed by atoms with Crippen LogP contribution in [0.25, 0.3) is 22.5 Å². The van der Waals surface area contributed by atoms with Gasteiger partial charge in [-0.3, -0.25) is 0 Å². The zero-order valence-electron chi connectivity index (χ0n) is 9.75. The van der Waals surface area contributed by atoms with Crippen LogP contribution in [0.1, 0.15) is 0 Å². The normalized spacial score (nSPS) is 10.6. The molecule has 2 aromatic heterocycles. The Morgan fingerprint density at radius 2 is 2.11 bits per heavy atom. The van der Waals surface area contributed by atoms with E-state index in [0.29, 0.717) is 22.5 Å². The number of halogens is 1. The van der Waals surface area contributed by atoms with Crippen LogP contribution in [0.3, 0.4) is 0 Å². The van der Waals surface area contributed by atoms with Gasteiger partial charge < -0.3 is 10.3 Å². The second kappa shape index (κ2) is 4.49. The summed E-state index contributed by atoms with van der Waals surface area (Å²) >= 11 is 0. The predicted molar refractivity (Wildman–Crippen MR) is 67.3 cm³/mol. The van der Waals surface area contributed by atoms with Gasteiger partial charge in [0.25, 0.3) is 0 Å². The Kier molecular flexibility index (Phi) is 2.68. The largest absolute Gasteiger partial charge is 0.367 e. The molecule has 0 amide bonds. The molecule has 1 aromatic carbocycles. The molecule has 0 aliphatic rings. The smallest absolute Gasteiger partial charge is 0.232 e. The van der Waals surface area contributed by atoms with E-state index in [4.69, 9.17) is 10.3 Å². The van der Waals surface area contributed by atoms with Gasteiger partial charge in [0.05, 0.1) is 11.3 Å². The minimum absolute atomic E-state index is 0.137. The van der Waals surface area contributed by atoms with Crippen molar-refractivity contribution in [2.45, 2.75) is 0 Å². The molecule has 0 bridgehead atoms. The quantitative estimate of drug-likeness (QED) is 0.762. The lowest BCUT2D eigenvalue weighted by Gasteiger charge is -2.01. The van der Waals surface area contributed by atoms with Crippen LogP contribution in [-0.2, 0) is 0 Å². The van der Waals surface area contributed by atoms with E-state index in [1.807, 2.05) is 0 Å². The number of rotatable bonds is 2. The Morgan fingerprint density at radius 1 is 1.21 bits per heavy atom. The first-order chi connectivity index (χ1) is 9.25. The molecule has 5 nitrogen and oxygen atoms in total. The molecule has 0 unspecified atom stereocenters. The third-order valence-corrected chi connectivity index (χ3v) is 2.65. The van der Waals surface area contributed by atoms with Crippen LogP contribution in [0, 0.1) is 5.82 Å². The number of nitrogens with zero attached hydrogens (tertiary/aromatic N) is 3. The van der Waals surface area contributed by atoms with E-state index in [1.54, 1.807) is 24.4 Å². The SMILES string of the molecule is Nc1onc(-c2cccc(F)c2)c1-c1ccncn1. The van der Waals surface area contributed by atoms with Crippen molar-refractivity contribution in [2.75, 3.05) is 5.73 Å². The lowest BCUT2D eigenvalue weighted by atomic mass is 10.1. The Hall–Kier alpha value is -2.76. The first kappa shape index (κ1) is 11.3. The summed E-state index contributed by atoms with van der Waals surface area (Å²) in [7, 11) is 0. The monoisotopic (exact) mass is 256 g/mol. The van der Waals surface area contributed by atoms with Crippen molar-refractivity contribution in [3.63, 3.8) is 0 Å². The van der Waals surface area contributed by atoms with Gasteiger partial charge in [-0.15, -0.1) is 0 Å². The molecule has 0 saturated heterocycles. The van der Waals surface area contributed by atoms with Crippen molar-refractivity contribution in [3.8, 4) is 22.5 Å². The summed E-state index contributed by atoms with van der Waals surface area (Å²) < 4.78 is 18.3. The van der Waals surface area contributed by atoms with Gasteiger partial charge >= 0.3 is 0 Å². The summed E-state index contributed by atoms with van der Waals surface area (Å²) in [5, 5.41) is 3.88. The Balaban J connectivity index is 2.19. The topological polar surface area (TPSA) is 77.8 Å². The van der Waals surface area contributed by atoms with E-state index < -0.39 is 0 Å². The number of hydrogen-bond donors (Lipinski definition) is 1. The predicted octanol–water partition coefficient (Wildman–Crippen LogP) is 2.52. The van der Waals surface area contributed by atoms with E-state index in [9.17, 15) is 4.39 Å². The van der Waals surface area contributed by atoms with Crippen LogP contribution < -0.4 is 5.73 Å². The van der Waals surface area contributed by atoms with Gasteiger partial charge in [0, 0.05) is 11.8 Å². The van der Waals surface area contributed by atoms with E-state index in [0.717, 1.165) is 0 Å². The highest BCUT2D eigenvalue weighted by Gasteiger charge is 2.18. The van der Waals surface area contributed by atoms with Gasteiger partial charge in [-0.1, -0.05) is 17.3 Å². The maximum Gasteiger partial charge on any atom is 0.232 e. The Labute approximate surface area is 107 Å². The van der Waals surface area contributed by atoms with E-state index >= 15 is 0 Å². The van der Waals surface area contributed by atoms with Crippen molar-refractivity contribution < 1.29 is 8.91 Å². The number of anilines is 1. The molecule has 0 radical (unpaired) electrons. The molecular weight excluding hydrogens is 247 g/mol. The summed E-state index contributed by atoms with van der Waals surface area (Å²) in [6.07, 6.45) is 2.99. The summed E-state index contributed by atoms with van der Waals surface area (Å²) in [6.45, 7) is 0. The van der Waals surface area contributed by atoms with Crippen molar-refractivity contribution in [3.05, 3.63) is 48.7 Å². The molecule has 2 N–H and O–H groups in total. The molecule has 19 heavy (non-hydrogen) atoms. The zero-order valence-corrected chi connectivity index (χ0v) is 9.75. The first-order valence-electron chi connectivity index (χ1n) is 5.53. The maximum atomic E-state index is 13.3. The maximum absolute atomic E-state index is 13.3. The molecule has 0 spiro atoms. The number of hydrogen-bond acceptors (Lipinski definition) is 5. The van der Waals surface area contributed by atoms with Crippen LogP contribution in [0.2, 0.25) is 0 Å². The number of nitrogens with two attached hydrogens (primary N) is 1. The van der Waals surface area contributed by atoms with E-state index in [1.165, 1.54) is 18.5 Å². The fourth-order valence-electron chi connectivity index (χ4n) is 1.82. The molecule has 0 aliphatic carbocycles. The molecule has 0 aliphatic heterocycles. The summed E-state index contributed by atoms with van der Waals surface area (Å²) in [5.41, 5.74) is 7.91. The van der Waals surface area contributed by atoms with Crippen molar-refractivity contribution >= 4 is 5.88 Å². The standard InChI is InChI=1S/C13H9FN4O/c14-9-3-1-2-8(6-9)12-11(13(15)19-18-12)10-4-5-16-7-17-10/h1-7H,15H2. The molecule has 0 atom stereocenters. The highest BCUT2D eigenvalue weighted by molar-refractivity contribution is 5.84. The Bertz CT molecular complexity index is 712. The van der Waals surface area contributed by atoms with Gasteiger partial charge in [0.15, 0.2) is 0 Å². The molecule has 94 valence electrons.